The second kappa shape index (κ2) is 4.93. The molecule has 7 heteroatoms. The van der Waals surface area contributed by atoms with E-state index in [2.05, 4.69) is 0 Å². The summed E-state index contributed by atoms with van der Waals surface area (Å²) in [5, 5.41) is 8.98. The highest BCUT2D eigenvalue weighted by Crippen LogP contribution is 2.37. The van der Waals surface area contributed by atoms with Crippen LogP contribution in [-0.2, 0) is 16.4 Å². The fourth-order valence-electron chi connectivity index (χ4n) is 1.64. The van der Waals surface area contributed by atoms with E-state index >= 15 is 0 Å². The largest absolute Gasteiger partial charge is 0.480 e. The summed E-state index contributed by atoms with van der Waals surface area (Å²) in [6.07, 6.45) is -4.76. The minimum atomic E-state index is -4.76. The van der Waals surface area contributed by atoms with Crippen LogP contribution in [0.3, 0.4) is 0 Å². The number of halogens is 4. The molecule has 0 bridgehead atoms. The molecule has 100 valence electrons. The maximum absolute atomic E-state index is 13.0. The molecular weight excluding hydrogens is 254 g/mol. The zero-order valence-electron chi connectivity index (χ0n) is 9.17. The predicted molar refractivity (Wildman–Crippen MR) is 55.8 cm³/mol. The van der Waals surface area contributed by atoms with Crippen LogP contribution in [0.2, 0.25) is 0 Å². The van der Waals surface area contributed by atoms with Gasteiger partial charge in [-0.25, -0.2) is 4.39 Å². The Morgan fingerprint density at radius 1 is 1.22 bits per heavy atom. The molecule has 0 aliphatic heterocycles. The van der Waals surface area contributed by atoms with Crippen LogP contribution in [-0.4, -0.2) is 24.3 Å². The smallest absolute Gasteiger partial charge is 0.416 e. The third kappa shape index (κ3) is 2.31. The summed E-state index contributed by atoms with van der Waals surface area (Å²) in [4.78, 5) is 11.1. The van der Waals surface area contributed by atoms with E-state index in [1.54, 1.807) is 0 Å². The van der Waals surface area contributed by atoms with Crippen molar-refractivity contribution in [1.82, 2.24) is 0 Å². The van der Waals surface area contributed by atoms with Crippen LogP contribution in [0.25, 0.3) is 0 Å². The van der Waals surface area contributed by atoms with E-state index in [9.17, 15) is 22.4 Å². The van der Waals surface area contributed by atoms with Crippen LogP contribution < -0.4 is 5.73 Å². The molecular formula is C11H11F4NO2. The first-order chi connectivity index (χ1) is 8.29. The van der Waals surface area contributed by atoms with Crippen LogP contribution in [0, 0.1) is 0 Å². The summed E-state index contributed by atoms with van der Waals surface area (Å²) in [5.41, 5.74) is 0.964. The van der Waals surface area contributed by atoms with Gasteiger partial charge in [0.1, 0.15) is 12.1 Å². The fraction of sp³-hybridized carbons (Fsp3) is 0.364. The number of carbonyl (C=O) groups is 1. The summed E-state index contributed by atoms with van der Waals surface area (Å²) in [5.74, 6) is -1.72. The summed E-state index contributed by atoms with van der Waals surface area (Å²) in [6.45, 7) is -2.27. The highest BCUT2D eigenvalue weighted by atomic mass is 19.4. The molecule has 1 atom stereocenters. The van der Waals surface area contributed by atoms with Gasteiger partial charge in [0, 0.05) is 6.54 Å². The van der Waals surface area contributed by atoms with Gasteiger partial charge in [-0.3, -0.25) is 4.79 Å². The maximum atomic E-state index is 13.0. The average Bonchev–Trinajstić information content (AvgIpc) is 2.30. The van der Waals surface area contributed by atoms with E-state index in [4.69, 9.17) is 10.8 Å². The number of alkyl halides is 4. The first-order valence-electron chi connectivity index (χ1n) is 4.95. The third-order valence-electron chi connectivity index (χ3n) is 2.73. The predicted octanol–water partition coefficient (Wildman–Crippen LogP) is 1.96. The number of aliphatic carboxylic acids is 1. The van der Waals surface area contributed by atoms with Crippen LogP contribution >= 0.6 is 0 Å². The van der Waals surface area contributed by atoms with Crippen LogP contribution in [0.15, 0.2) is 24.3 Å². The first-order valence-corrected chi connectivity index (χ1v) is 4.95. The van der Waals surface area contributed by atoms with Crippen molar-refractivity contribution in [3.05, 3.63) is 35.4 Å². The van der Waals surface area contributed by atoms with Crippen molar-refractivity contribution in [2.45, 2.75) is 11.6 Å². The normalized spacial score (nSPS) is 15.2. The molecule has 1 rings (SSSR count). The second-order valence-electron chi connectivity index (χ2n) is 3.77. The molecule has 3 nitrogen and oxygen atoms in total. The number of rotatable bonds is 4. The summed E-state index contributed by atoms with van der Waals surface area (Å²) in [6, 6.07) is 3.96. The first kappa shape index (κ1) is 14.4. The molecule has 0 aliphatic carbocycles. The molecule has 0 aliphatic rings. The number of hydrogen-bond donors (Lipinski definition) is 2. The SMILES string of the molecule is NCC(CF)(C(=O)O)c1ccccc1C(F)(F)F. The molecule has 0 saturated heterocycles. The van der Waals surface area contributed by atoms with Gasteiger partial charge in [-0.05, 0) is 11.6 Å². The van der Waals surface area contributed by atoms with Gasteiger partial charge < -0.3 is 10.8 Å². The van der Waals surface area contributed by atoms with Crippen molar-refractivity contribution in [1.29, 1.82) is 0 Å². The number of nitrogens with two attached hydrogens (primary N) is 1. The van der Waals surface area contributed by atoms with E-state index in [0.29, 0.717) is 6.07 Å². The Morgan fingerprint density at radius 3 is 2.06 bits per heavy atom. The standard InChI is InChI=1S/C11H11F4NO2/c12-5-10(6-16,9(17)18)7-3-1-2-4-8(7)11(13,14)15/h1-4H,5-6,16H2,(H,17,18). The number of benzene rings is 1. The average molecular weight is 265 g/mol. The number of hydrogen-bond acceptors (Lipinski definition) is 2. The lowest BCUT2D eigenvalue weighted by Crippen LogP contribution is -2.46. The minimum absolute atomic E-state index is 0.657. The van der Waals surface area contributed by atoms with E-state index in [1.165, 1.54) is 6.07 Å². The van der Waals surface area contributed by atoms with Crippen molar-refractivity contribution in [3.8, 4) is 0 Å². The topological polar surface area (TPSA) is 63.3 Å². The van der Waals surface area contributed by atoms with Gasteiger partial charge in [-0.1, -0.05) is 18.2 Å². The molecule has 3 N–H and O–H groups in total. The molecule has 0 aromatic heterocycles. The van der Waals surface area contributed by atoms with Crippen LogP contribution in [0.1, 0.15) is 11.1 Å². The zero-order chi connectivity index (χ0) is 14.0. The lowest BCUT2D eigenvalue weighted by atomic mass is 9.79. The van der Waals surface area contributed by atoms with E-state index in [1.807, 2.05) is 0 Å². The van der Waals surface area contributed by atoms with Gasteiger partial charge in [0.05, 0.1) is 5.56 Å². The van der Waals surface area contributed by atoms with Crippen LogP contribution in [0.5, 0.6) is 0 Å². The molecule has 0 amide bonds. The van der Waals surface area contributed by atoms with Crippen molar-refractivity contribution < 1.29 is 27.5 Å². The van der Waals surface area contributed by atoms with Gasteiger partial charge in [0.25, 0.3) is 0 Å². The van der Waals surface area contributed by atoms with E-state index in [-0.39, 0.29) is 0 Å². The Balaban J connectivity index is 3.52. The van der Waals surface area contributed by atoms with E-state index < -0.39 is 41.9 Å². The zero-order valence-corrected chi connectivity index (χ0v) is 9.17. The van der Waals surface area contributed by atoms with Crippen molar-refractivity contribution >= 4 is 5.97 Å². The quantitative estimate of drug-likeness (QED) is 0.818. The molecule has 0 fully saturated rings. The third-order valence-corrected chi connectivity index (χ3v) is 2.73. The Hall–Kier alpha value is -1.63. The van der Waals surface area contributed by atoms with Gasteiger partial charge >= 0.3 is 12.1 Å². The Bertz CT molecular complexity index is 441. The number of carboxylic acids is 1. The highest BCUT2D eigenvalue weighted by molar-refractivity contribution is 5.82. The van der Waals surface area contributed by atoms with Gasteiger partial charge in [-0.2, -0.15) is 13.2 Å². The van der Waals surface area contributed by atoms with E-state index in [0.717, 1.165) is 12.1 Å². The molecule has 0 saturated carbocycles. The molecule has 18 heavy (non-hydrogen) atoms. The van der Waals surface area contributed by atoms with Crippen molar-refractivity contribution in [3.63, 3.8) is 0 Å². The minimum Gasteiger partial charge on any atom is -0.480 e. The second-order valence-corrected chi connectivity index (χ2v) is 3.77. The summed E-state index contributed by atoms with van der Waals surface area (Å²) in [7, 11) is 0. The lowest BCUT2D eigenvalue weighted by molar-refractivity contribution is -0.146. The molecule has 0 radical (unpaired) electrons. The Kier molecular flexibility index (Phi) is 3.95. The Morgan fingerprint density at radius 2 is 1.72 bits per heavy atom. The Labute approximate surface area is 100 Å². The van der Waals surface area contributed by atoms with Crippen LogP contribution in [0.4, 0.5) is 17.6 Å². The molecule has 1 aromatic carbocycles. The molecule has 1 unspecified atom stereocenters. The maximum Gasteiger partial charge on any atom is 0.416 e. The van der Waals surface area contributed by atoms with Crippen molar-refractivity contribution in [2.24, 2.45) is 5.73 Å². The summed E-state index contributed by atoms with van der Waals surface area (Å²) < 4.78 is 51.3. The number of carboxylic acid groups (broad SMARTS) is 1. The summed E-state index contributed by atoms with van der Waals surface area (Å²) >= 11 is 0. The highest BCUT2D eigenvalue weighted by Gasteiger charge is 2.46. The molecule has 1 aromatic rings. The van der Waals surface area contributed by atoms with Gasteiger partial charge in [0.2, 0.25) is 0 Å². The van der Waals surface area contributed by atoms with Gasteiger partial charge in [0.15, 0.2) is 0 Å². The molecule has 0 heterocycles. The monoisotopic (exact) mass is 265 g/mol. The van der Waals surface area contributed by atoms with Gasteiger partial charge in [-0.15, -0.1) is 0 Å². The lowest BCUT2D eigenvalue weighted by Gasteiger charge is -2.28. The van der Waals surface area contributed by atoms with Crippen molar-refractivity contribution in [2.75, 3.05) is 13.2 Å². The fourth-order valence-corrected chi connectivity index (χ4v) is 1.64. The molecule has 0 spiro atoms.